The van der Waals surface area contributed by atoms with Gasteiger partial charge in [0, 0.05) is 12.7 Å². The molecule has 0 amide bonds. The van der Waals surface area contributed by atoms with Crippen LogP contribution in [0.15, 0.2) is 24.3 Å². The molecule has 0 aromatic heterocycles. The number of hydrogen-bond donors (Lipinski definition) is 1. The largest absolute Gasteiger partial charge is 0.497 e. The Hall–Kier alpha value is -1.76. The Morgan fingerprint density at radius 2 is 1.67 bits per heavy atom. The Balaban J connectivity index is 3.38. The van der Waals surface area contributed by atoms with Gasteiger partial charge >= 0.3 is 12.1 Å². The van der Waals surface area contributed by atoms with Crippen molar-refractivity contribution in [2.75, 3.05) is 14.2 Å². The normalized spacial score (nSPS) is 14.9. The van der Waals surface area contributed by atoms with Crippen molar-refractivity contribution in [3.8, 4) is 5.75 Å². The molecule has 1 N–H and O–H groups in total. The average Bonchev–Trinajstić information content (AvgIpc) is 2.29. The van der Waals surface area contributed by atoms with E-state index in [9.17, 15) is 18.0 Å². The highest BCUT2D eigenvalue weighted by atomic mass is 19.4. The highest BCUT2D eigenvalue weighted by molar-refractivity contribution is 5.80. The van der Waals surface area contributed by atoms with Crippen molar-refractivity contribution >= 4 is 5.97 Å². The second kappa shape index (κ2) is 4.85. The first-order valence-corrected chi connectivity index (χ1v) is 4.79. The zero-order valence-electron chi connectivity index (χ0n) is 9.62. The molecule has 18 heavy (non-hydrogen) atoms. The summed E-state index contributed by atoms with van der Waals surface area (Å²) in [4.78, 5) is 11.0. The van der Waals surface area contributed by atoms with E-state index >= 15 is 0 Å². The molecule has 0 spiro atoms. The molecular formula is C11H11F3O4. The van der Waals surface area contributed by atoms with Crippen LogP contribution in [0.1, 0.15) is 5.56 Å². The number of halogens is 3. The molecule has 0 aliphatic carbocycles. The van der Waals surface area contributed by atoms with Gasteiger partial charge in [-0.15, -0.1) is 0 Å². The number of benzene rings is 1. The zero-order chi connectivity index (χ0) is 14.0. The van der Waals surface area contributed by atoms with Gasteiger partial charge in [0.1, 0.15) is 5.75 Å². The molecule has 0 saturated carbocycles. The first-order valence-electron chi connectivity index (χ1n) is 4.79. The van der Waals surface area contributed by atoms with Gasteiger partial charge in [0.2, 0.25) is 0 Å². The zero-order valence-corrected chi connectivity index (χ0v) is 9.62. The van der Waals surface area contributed by atoms with E-state index in [0.29, 0.717) is 12.9 Å². The predicted octanol–water partition coefficient (Wildman–Crippen LogP) is 2.18. The molecule has 7 heteroatoms. The second-order valence-electron chi connectivity index (χ2n) is 3.42. The van der Waals surface area contributed by atoms with Gasteiger partial charge in [-0.25, -0.2) is 4.79 Å². The Bertz CT molecular complexity index is 427. The average molecular weight is 264 g/mol. The number of methoxy groups -OCH3 is 2. The van der Waals surface area contributed by atoms with E-state index in [2.05, 4.69) is 4.74 Å². The fourth-order valence-electron chi connectivity index (χ4n) is 1.56. The number of ether oxygens (including phenoxy) is 2. The number of rotatable bonds is 4. The number of hydrogen-bond acceptors (Lipinski definition) is 3. The molecule has 0 heterocycles. The molecule has 1 aromatic carbocycles. The smallest absolute Gasteiger partial charge is 0.432 e. The van der Waals surface area contributed by atoms with Gasteiger partial charge in [0.15, 0.2) is 0 Å². The van der Waals surface area contributed by atoms with E-state index in [1.165, 1.54) is 19.2 Å². The predicted molar refractivity (Wildman–Crippen MR) is 55.4 cm³/mol. The summed E-state index contributed by atoms with van der Waals surface area (Å²) in [5, 5.41) is 8.86. The summed E-state index contributed by atoms with van der Waals surface area (Å²) < 4.78 is 47.9. The number of carboxylic acids is 1. The van der Waals surface area contributed by atoms with Crippen LogP contribution >= 0.6 is 0 Å². The van der Waals surface area contributed by atoms with Crippen molar-refractivity contribution in [3.63, 3.8) is 0 Å². The van der Waals surface area contributed by atoms with Crippen LogP contribution in [-0.2, 0) is 15.1 Å². The Morgan fingerprint density at radius 1 is 1.17 bits per heavy atom. The van der Waals surface area contributed by atoms with Gasteiger partial charge in [0.05, 0.1) is 7.11 Å². The number of carbonyl (C=O) groups is 1. The van der Waals surface area contributed by atoms with Crippen LogP contribution in [0.5, 0.6) is 5.75 Å². The van der Waals surface area contributed by atoms with Crippen LogP contribution in [0, 0.1) is 0 Å². The van der Waals surface area contributed by atoms with Gasteiger partial charge < -0.3 is 14.6 Å². The summed E-state index contributed by atoms with van der Waals surface area (Å²) >= 11 is 0. The first kappa shape index (κ1) is 14.3. The minimum atomic E-state index is -5.08. The lowest BCUT2D eigenvalue weighted by atomic mass is 9.93. The highest BCUT2D eigenvalue weighted by Crippen LogP contribution is 2.42. The maximum absolute atomic E-state index is 13.0. The van der Waals surface area contributed by atoms with E-state index in [1.54, 1.807) is 0 Å². The standard InChI is InChI=1S/C11H11F3O4/c1-17-8-5-3-7(4-6-8)10(18-2,9(15)16)11(12,13)14/h3-6H,1-2H3,(H,15,16). The summed E-state index contributed by atoms with van der Waals surface area (Å²) in [5.74, 6) is -1.81. The van der Waals surface area contributed by atoms with E-state index < -0.39 is 23.3 Å². The number of carboxylic acid groups (broad SMARTS) is 1. The van der Waals surface area contributed by atoms with Crippen molar-refractivity contribution in [3.05, 3.63) is 29.8 Å². The third-order valence-electron chi connectivity index (χ3n) is 2.50. The molecule has 1 atom stereocenters. The van der Waals surface area contributed by atoms with Crippen molar-refractivity contribution in [1.29, 1.82) is 0 Å². The van der Waals surface area contributed by atoms with Crippen molar-refractivity contribution in [1.82, 2.24) is 0 Å². The SMILES string of the molecule is COc1ccc(C(OC)(C(=O)O)C(F)(F)F)cc1. The second-order valence-corrected chi connectivity index (χ2v) is 3.42. The molecule has 100 valence electrons. The van der Waals surface area contributed by atoms with E-state index in [1.807, 2.05) is 0 Å². The van der Waals surface area contributed by atoms with Crippen LogP contribution in [-0.4, -0.2) is 31.5 Å². The summed E-state index contributed by atoms with van der Waals surface area (Å²) in [6.07, 6.45) is -5.08. The Kier molecular flexibility index (Phi) is 3.85. The van der Waals surface area contributed by atoms with Crippen molar-refractivity contribution in [2.24, 2.45) is 0 Å². The first-order chi connectivity index (χ1) is 8.29. The molecule has 0 aliphatic rings. The van der Waals surface area contributed by atoms with Crippen LogP contribution in [0.4, 0.5) is 13.2 Å². The van der Waals surface area contributed by atoms with Crippen LogP contribution in [0.25, 0.3) is 0 Å². The minimum Gasteiger partial charge on any atom is -0.497 e. The lowest BCUT2D eigenvalue weighted by Gasteiger charge is -2.30. The Morgan fingerprint density at radius 3 is 1.94 bits per heavy atom. The number of alkyl halides is 3. The molecule has 4 nitrogen and oxygen atoms in total. The van der Waals surface area contributed by atoms with Gasteiger partial charge in [-0.05, 0) is 12.1 Å². The molecular weight excluding hydrogens is 253 g/mol. The third kappa shape index (κ3) is 2.13. The third-order valence-corrected chi connectivity index (χ3v) is 2.50. The maximum Gasteiger partial charge on any atom is 0.432 e. The summed E-state index contributed by atoms with van der Waals surface area (Å²) in [7, 11) is 2.05. The fraction of sp³-hybridized carbons (Fsp3) is 0.364. The van der Waals surface area contributed by atoms with Crippen molar-refractivity contribution in [2.45, 2.75) is 11.8 Å². The molecule has 0 radical (unpaired) electrons. The monoisotopic (exact) mass is 264 g/mol. The number of aliphatic carboxylic acids is 1. The Labute approximate surface area is 101 Å². The molecule has 1 aromatic rings. The van der Waals surface area contributed by atoms with E-state index in [4.69, 9.17) is 9.84 Å². The van der Waals surface area contributed by atoms with Crippen LogP contribution in [0.2, 0.25) is 0 Å². The molecule has 1 rings (SSSR count). The molecule has 0 saturated heterocycles. The van der Waals surface area contributed by atoms with Crippen LogP contribution in [0.3, 0.4) is 0 Å². The van der Waals surface area contributed by atoms with Gasteiger partial charge in [-0.3, -0.25) is 0 Å². The fourth-order valence-corrected chi connectivity index (χ4v) is 1.56. The lowest BCUT2D eigenvalue weighted by molar-refractivity contribution is -0.273. The van der Waals surface area contributed by atoms with E-state index in [-0.39, 0.29) is 0 Å². The van der Waals surface area contributed by atoms with Gasteiger partial charge in [-0.1, -0.05) is 12.1 Å². The van der Waals surface area contributed by atoms with Gasteiger partial charge in [0.25, 0.3) is 5.60 Å². The summed E-state index contributed by atoms with van der Waals surface area (Å²) in [6.45, 7) is 0. The molecule has 0 bridgehead atoms. The molecule has 0 fully saturated rings. The van der Waals surface area contributed by atoms with Crippen LogP contribution < -0.4 is 4.74 Å². The molecule has 1 unspecified atom stereocenters. The van der Waals surface area contributed by atoms with Gasteiger partial charge in [-0.2, -0.15) is 13.2 Å². The topological polar surface area (TPSA) is 55.8 Å². The summed E-state index contributed by atoms with van der Waals surface area (Å²) in [5.41, 5.74) is -3.90. The lowest BCUT2D eigenvalue weighted by Crippen LogP contribution is -2.50. The quantitative estimate of drug-likeness (QED) is 0.905. The van der Waals surface area contributed by atoms with E-state index in [0.717, 1.165) is 12.1 Å². The highest BCUT2D eigenvalue weighted by Gasteiger charge is 2.63. The maximum atomic E-state index is 13.0. The minimum absolute atomic E-state index is 0.316. The summed E-state index contributed by atoms with van der Waals surface area (Å²) in [6, 6.07) is 4.48. The molecule has 0 aliphatic heterocycles. The van der Waals surface area contributed by atoms with Crippen molar-refractivity contribution < 1.29 is 32.5 Å².